The van der Waals surface area contributed by atoms with Gasteiger partial charge in [-0.25, -0.2) is 4.79 Å². The van der Waals surface area contributed by atoms with Gasteiger partial charge in [-0.05, 0) is 92.6 Å². The highest BCUT2D eigenvalue weighted by Gasteiger charge is 2.31. The van der Waals surface area contributed by atoms with Crippen molar-refractivity contribution >= 4 is 50.8 Å². The van der Waals surface area contributed by atoms with Crippen LogP contribution in [-0.2, 0) is 9.53 Å². The molecule has 0 bridgehead atoms. The first kappa shape index (κ1) is 31.8. The van der Waals surface area contributed by atoms with Crippen LogP contribution in [0.2, 0.25) is 0 Å². The van der Waals surface area contributed by atoms with Gasteiger partial charge in [0.1, 0.15) is 17.6 Å². The minimum absolute atomic E-state index is 0.0890. The van der Waals surface area contributed by atoms with Gasteiger partial charge in [-0.15, -0.1) is 0 Å². The Hall–Kier alpha value is -5.09. The number of Topliss-reactive ketones (excluding diaryl/α,β-unsaturated/α-hetero) is 1. The van der Waals surface area contributed by atoms with Gasteiger partial charge < -0.3 is 25.6 Å². The number of hydrogen-bond donors (Lipinski definition) is 4. The summed E-state index contributed by atoms with van der Waals surface area (Å²) in [7, 11) is 0. The van der Waals surface area contributed by atoms with E-state index in [1.165, 1.54) is 19.1 Å². The normalized spacial score (nSPS) is 12.2. The first-order chi connectivity index (χ1) is 21.2. The molecule has 0 unspecified atom stereocenters. The summed E-state index contributed by atoms with van der Waals surface area (Å²) in [4.78, 5) is 37.3. The maximum absolute atomic E-state index is 13.2. The minimum Gasteiger partial charge on any atom is -0.508 e. The second-order valence-corrected chi connectivity index (χ2v) is 10.7. The van der Waals surface area contributed by atoms with Crippen molar-refractivity contribution in [1.82, 2.24) is 0 Å². The molecule has 5 N–H and O–H groups in total. The molecule has 4 aromatic carbocycles. The van der Waals surface area contributed by atoms with Crippen LogP contribution in [-0.4, -0.2) is 29.0 Å². The number of phenolic OH excluding ortho intramolecular Hbond substituents is 1. The SMILES string of the molecule is CC(=O)c1ccc(NC(=O)O[C@H](c2cc(Br)ccc2O)[C@@H](CC/C=C/C(=O)Nc2ccccc2N)Oc2ccccc2)cc1. The average Bonchev–Trinajstić information content (AvgIpc) is 3.01. The molecule has 10 heteroatoms. The van der Waals surface area contributed by atoms with Crippen LogP contribution in [0.15, 0.2) is 114 Å². The Morgan fingerprint density at radius 2 is 1.64 bits per heavy atom. The molecule has 0 spiro atoms. The molecule has 0 aliphatic heterocycles. The molecule has 0 heterocycles. The van der Waals surface area contributed by atoms with Crippen LogP contribution in [0.1, 0.15) is 41.8 Å². The molecule has 4 aromatic rings. The number of nitrogen functional groups attached to an aromatic ring is 1. The number of carbonyl (C=O) groups excluding carboxylic acids is 3. The van der Waals surface area contributed by atoms with Crippen molar-refractivity contribution in [3.63, 3.8) is 0 Å². The Morgan fingerprint density at radius 1 is 0.932 bits per heavy atom. The number of amides is 2. The van der Waals surface area contributed by atoms with Gasteiger partial charge in [-0.1, -0.05) is 52.3 Å². The first-order valence-electron chi connectivity index (χ1n) is 13.8. The molecule has 2 amide bonds. The molecule has 0 saturated heterocycles. The van der Waals surface area contributed by atoms with Crippen molar-refractivity contribution in [2.24, 2.45) is 0 Å². The van der Waals surface area contributed by atoms with E-state index in [1.807, 2.05) is 18.2 Å². The smallest absolute Gasteiger partial charge is 0.412 e. The molecule has 4 rings (SSSR count). The van der Waals surface area contributed by atoms with E-state index in [0.717, 1.165) is 0 Å². The molecular weight excluding hydrogens is 626 g/mol. The van der Waals surface area contributed by atoms with Gasteiger partial charge in [-0.3, -0.25) is 14.9 Å². The molecule has 0 aromatic heterocycles. The number of nitrogens with one attached hydrogen (secondary N) is 2. The summed E-state index contributed by atoms with van der Waals surface area (Å²) in [5.74, 6) is -0.00656. The number of hydrogen-bond acceptors (Lipinski definition) is 7. The lowest BCUT2D eigenvalue weighted by atomic mass is 9.99. The zero-order valence-corrected chi connectivity index (χ0v) is 25.5. The molecule has 0 radical (unpaired) electrons. The standard InChI is InChI=1S/C34H32BrN3O6/c1-22(39)23-15-18-25(19-16-23)37-34(42)44-33(27-21-24(35)17-20-30(27)40)31(43-26-9-3-2-4-10-26)13-7-8-14-32(41)38-29-12-6-5-11-28(29)36/h2-6,8-12,14-21,31,33,40H,7,13,36H2,1H3,(H,37,42)(H,38,41)/b14-8+/t31-,33-/m1/s1. The van der Waals surface area contributed by atoms with Gasteiger partial charge >= 0.3 is 6.09 Å². The highest BCUT2D eigenvalue weighted by Crippen LogP contribution is 2.36. The summed E-state index contributed by atoms with van der Waals surface area (Å²) >= 11 is 3.43. The summed E-state index contributed by atoms with van der Waals surface area (Å²) in [6, 6.07) is 27.2. The molecule has 0 fully saturated rings. The van der Waals surface area contributed by atoms with Gasteiger partial charge in [0.2, 0.25) is 5.91 Å². The number of anilines is 3. The fourth-order valence-electron chi connectivity index (χ4n) is 4.33. The van der Waals surface area contributed by atoms with E-state index in [1.54, 1.807) is 78.9 Å². The lowest BCUT2D eigenvalue weighted by Crippen LogP contribution is -2.31. The van der Waals surface area contributed by atoms with Gasteiger partial charge in [0.05, 0.1) is 11.4 Å². The van der Waals surface area contributed by atoms with Gasteiger partial charge in [0, 0.05) is 21.3 Å². The number of allylic oxidation sites excluding steroid dienone is 1. The lowest BCUT2D eigenvalue weighted by Gasteiger charge is -2.28. The number of phenols is 1. The van der Waals surface area contributed by atoms with Crippen molar-refractivity contribution in [2.45, 2.75) is 32.0 Å². The predicted molar refractivity (Wildman–Crippen MR) is 174 cm³/mol. The van der Waals surface area contributed by atoms with E-state index in [9.17, 15) is 19.5 Å². The molecule has 44 heavy (non-hydrogen) atoms. The minimum atomic E-state index is -1.06. The Bertz CT molecular complexity index is 1630. The van der Waals surface area contributed by atoms with Crippen molar-refractivity contribution in [1.29, 1.82) is 0 Å². The number of ketones is 1. The van der Waals surface area contributed by atoms with Crippen LogP contribution in [0.3, 0.4) is 0 Å². The van der Waals surface area contributed by atoms with E-state index >= 15 is 0 Å². The molecule has 0 aliphatic carbocycles. The van der Waals surface area contributed by atoms with Gasteiger partial charge in [-0.2, -0.15) is 0 Å². The van der Waals surface area contributed by atoms with Crippen LogP contribution in [0.5, 0.6) is 11.5 Å². The second-order valence-electron chi connectivity index (χ2n) is 9.81. The third-order valence-electron chi connectivity index (χ3n) is 6.54. The molecule has 226 valence electrons. The molecule has 0 saturated carbocycles. The first-order valence-corrected chi connectivity index (χ1v) is 14.6. The summed E-state index contributed by atoms with van der Waals surface area (Å²) in [5.41, 5.74) is 8.12. The second kappa shape index (κ2) is 15.4. The monoisotopic (exact) mass is 657 g/mol. The number of rotatable bonds is 12. The fraction of sp³-hybridized carbons (Fsp3) is 0.147. The number of carbonyl (C=O) groups is 3. The summed E-state index contributed by atoms with van der Waals surface area (Å²) in [6.07, 6.45) is 1.14. The highest BCUT2D eigenvalue weighted by molar-refractivity contribution is 9.10. The van der Waals surface area contributed by atoms with E-state index in [2.05, 4.69) is 26.6 Å². The van der Waals surface area contributed by atoms with Crippen molar-refractivity contribution in [2.75, 3.05) is 16.4 Å². The Labute approximate surface area is 263 Å². The van der Waals surface area contributed by atoms with Crippen LogP contribution in [0, 0.1) is 0 Å². The van der Waals surface area contributed by atoms with E-state index in [4.69, 9.17) is 15.2 Å². The number of ether oxygens (including phenoxy) is 2. The number of benzene rings is 4. The zero-order chi connectivity index (χ0) is 31.5. The van der Waals surface area contributed by atoms with Crippen molar-refractivity contribution in [3.8, 4) is 11.5 Å². The van der Waals surface area contributed by atoms with Crippen LogP contribution in [0.4, 0.5) is 21.9 Å². The molecular formula is C34H32BrN3O6. The van der Waals surface area contributed by atoms with Crippen molar-refractivity contribution < 1.29 is 29.0 Å². The third-order valence-corrected chi connectivity index (χ3v) is 7.04. The van der Waals surface area contributed by atoms with Crippen LogP contribution < -0.4 is 21.1 Å². The maximum Gasteiger partial charge on any atom is 0.412 e. The van der Waals surface area contributed by atoms with Crippen molar-refractivity contribution in [3.05, 3.63) is 125 Å². The molecule has 9 nitrogen and oxygen atoms in total. The number of para-hydroxylation sites is 3. The van der Waals surface area contributed by atoms with E-state index < -0.39 is 18.3 Å². The summed E-state index contributed by atoms with van der Waals surface area (Å²) < 4.78 is 12.9. The quantitative estimate of drug-likeness (QED) is 0.0697. The number of nitrogens with two attached hydrogens (primary N) is 1. The van der Waals surface area contributed by atoms with Crippen LogP contribution in [0.25, 0.3) is 0 Å². The number of halogens is 1. The third kappa shape index (κ3) is 9.20. The van der Waals surface area contributed by atoms with E-state index in [0.29, 0.717) is 51.3 Å². The van der Waals surface area contributed by atoms with Crippen LogP contribution >= 0.6 is 15.9 Å². The highest BCUT2D eigenvalue weighted by atomic mass is 79.9. The topological polar surface area (TPSA) is 140 Å². The Balaban J connectivity index is 1.56. The molecule has 0 aliphatic rings. The molecule has 2 atom stereocenters. The Morgan fingerprint density at radius 3 is 2.34 bits per heavy atom. The Kier molecular flexibility index (Phi) is 11.1. The lowest BCUT2D eigenvalue weighted by molar-refractivity contribution is -0.111. The fourth-order valence-corrected chi connectivity index (χ4v) is 4.70. The summed E-state index contributed by atoms with van der Waals surface area (Å²) in [6.45, 7) is 1.46. The largest absolute Gasteiger partial charge is 0.508 e. The maximum atomic E-state index is 13.2. The number of aromatic hydroxyl groups is 1. The zero-order valence-electron chi connectivity index (χ0n) is 23.9. The van der Waals surface area contributed by atoms with E-state index in [-0.39, 0.29) is 17.4 Å². The summed E-state index contributed by atoms with van der Waals surface area (Å²) in [5, 5.41) is 16.2. The van der Waals surface area contributed by atoms with Gasteiger partial charge in [0.25, 0.3) is 0 Å². The average molecular weight is 659 g/mol. The van der Waals surface area contributed by atoms with Gasteiger partial charge in [0.15, 0.2) is 11.9 Å². The predicted octanol–water partition coefficient (Wildman–Crippen LogP) is 7.65.